The number of carboxylic acid groups (broad SMARTS) is 1. The van der Waals surface area contributed by atoms with E-state index in [-0.39, 0.29) is 6.04 Å². The van der Waals surface area contributed by atoms with Gasteiger partial charge in [-0.25, -0.2) is 9.59 Å². The number of hydrogen-bond donors (Lipinski definition) is 2. The molecule has 1 atom stereocenters. The summed E-state index contributed by atoms with van der Waals surface area (Å²) < 4.78 is 1.27. The van der Waals surface area contributed by atoms with Crippen LogP contribution in [-0.2, 0) is 0 Å². The Labute approximate surface area is 104 Å². The van der Waals surface area contributed by atoms with Crippen LogP contribution in [0.1, 0.15) is 50.0 Å². The highest BCUT2D eigenvalue weighted by molar-refractivity contribution is 5.86. The monoisotopic (exact) mass is 254 g/mol. The maximum atomic E-state index is 11.6. The Hall–Kier alpha value is -1.85. The maximum absolute atomic E-state index is 11.6. The molecule has 1 aromatic heterocycles. The summed E-state index contributed by atoms with van der Waals surface area (Å²) in [4.78, 5) is 35.8. The summed E-state index contributed by atoms with van der Waals surface area (Å²) in [5.74, 6) is -0.828. The molecule has 18 heavy (non-hydrogen) atoms. The van der Waals surface area contributed by atoms with Crippen molar-refractivity contribution in [2.75, 3.05) is 0 Å². The largest absolute Gasteiger partial charge is 0.477 e. The summed E-state index contributed by atoms with van der Waals surface area (Å²) in [7, 11) is 0. The Morgan fingerprint density at radius 3 is 2.44 bits per heavy atom. The van der Waals surface area contributed by atoms with Gasteiger partial charge in [-0.15, -0.1) is 0 Å². The molecule has 0 aliphatic heterocycles. The van der Waals surface area contributed by atoms with Crippen LogP contribution < -0.4 is 11.2 Å². The van der Waals surface area contributed by atoms with E-state index in [1.807, 2.05) is 11.9 Å². The number of hydrogen-bond acceptors (Lipinski definition) is 3. The minimum Gasteiger partial charge on any atom is -0.477 e. The van der Waals surface area contributed by atoms with Gasteiger partial charge in [0.25, 0.3) is 5.56 Å². The highest BCUT2D eigenvalue weighted by atomic mass is 16.4. The van der Waals surface area contributed by atoms with E-state index in [4.69, 9.17) is 5.11 Å². The molecule has 100 valence electrons. The van der Waals surface area contributed by atoms with Crippen LogP contribution in [-0.4, -0.2) is 20.6 Å². The first-order valence-corrected chi connectivity index (χ1v) is 5.91. The van der Waals surface area contributed by atoms with Crippen LogP contribution in [0.2, 0.25) is 0 Å². The zero-order valence-electron chi connectivity index (χ0n) is 10.8. The van der Waals surface area contributed by atoms with E-state index in [2.05, 4.69) is 13.8 Å². The second-order valence-electron chi connectivity index (χ2n) is 4.83. The number of rotatable bonds is 5. The molecule has 1 heterocycles. The molecule has 2 N–H and O–H groups in total. The van der Waals surface area contributed by atoms with Gasteiger partial charge in [-0.2, -0.15) is 0 Å². The van der Waals surface area contributed by atoms with Crippen molar-refractivity contribution in [2.45, 2.75) is 39.7 Å². The summed E-state index contributed by atoms with van der Waals surface area (Å²) >= 11 is 0. The number of carboxylic acids is 1. The minimum absolute atomic E-state index is 0.144. The standard InChI is InChI=1S/C12H18N2O4/c1-7(2)4-5-8(3)14-6-9(11(16)17)10(15)13-12(14)18/h6-8H,4-5H2,1-3H3,(H,16,17)(H,13,15,18). The SMILES string of the molecule is CC(C)CCC(C)n1cc(C(=O)O)c(=O)[nH]c1=O. The molecule has 0 aliphatic rings. The van der Waals surface area contributed by atoms with E-state index in [1.54, 1.807) is 0 Å². The van der Waals surface area contributed by atoms with Gasteiger partial charge >= 0.3 is 11.7 Å². The molecule has 1 unspecified atom stereocenters. The molecule has 0 amide bonds. The van der Waals surface area contributed by atoms with Crippen LogP contribution in [0.4, 0.5) is 0 Å². The van der Waals surface area contributed by atoms with Crippen LogP contribution in [0.25, 0.3) is 0 Å². The molecule has 0 spiro atoms. The smallest absolute Gasteiger partial charge is 0.342 e. The second kappa shape index (κ2) is 5.66. The van der Waals surface area contributed by atoms with E-state index in [9.17, 15) is 14.4 Å². The van der Waals surface area contributed by atoms with Gasteiger partial charge in [0.15, 0.2) is 0 Å². The number of nitrogens with one attached hydrogen (secondary N) is 1. The number of H-pyrrole nitrogens is 1. The third kappa shape index (κ3) is 3.32. The summed E-state index contributed by atoms with van der Waals surface area (Å²) in [6, 6.07) is -0.144. The fourth-order valence-electron chi connectivity index (χ4n) is 1.68. The zero-order chi connectivity index (χ0) is 13.9. The van der Waals surface area contributed by atoms with Crippen LogP contribution >= 0.6 is 0 Å². The lowest BCUT2D eigenvalue weighted by Crippen LogP contribution is -2.34. The van der Waals surface area contributed by atoms with Crippen LogP contribution in [0.5, 0.6) is 0 Å². The molecule has 0 radical (unpaired) electrons. The molecule has 0 saturated carbocycles. The fraction of sp³-hybridized carbons (Fsp3) is 0.583. The van der Waals surface area contributed by atoms with Crippen LogP contribution in [0.15, 0.2) is 15.8 Å². The molecular formula is C12H18N2O4. The van der Waals surface area contributed by atoms with Gasteiger partial charge in [-0.1, -0.05) is 13.8 Å². The highest BCUT2D eigenvalue weighted by Gasteiger charge is 2.14. The van der Waals surface area contributed by atoms with E-state index in [0.29, 0.717) is 5.92 Å². The molecular weight excluding hydrogens is 236 g/mol. The Kier molecular flexibility index (Phi) is 4.47. The van der Waals surface area contributed by atoms with Gasteiger partial charge in [0.2, 0.25) is 0 Å². The Morgan fingerprint density at radius 1 is 1.33 bits per heavy atom. The topological polar surface area (TPSA) is 92.2 Å². The van der Waals surface area contributed by atoms with Crippen molar-refractivity contribution in [3.05, 3.63) is 32.6 Å². The number of nitrogens with zero attached hydrogens (tertiary/aromatic N) is 1. The van der Waals surface area contributed by atoms with E-state index in [1.165, 1.54) is 4.57 Å². The lowest BCUT2D eigenvalue weighted by atomic mass is 10.0. The molecule has 0 fully saturated rings. The first-order valence-electron chi connectivity index (χ1n) is 5.91. The maximum Gasteiger partial charge on any atom is 0.342 e. The molecule has 1 aromatic rings. The summed E-state index contributed by atoms with van der Waals surface area (Å²) in [5, 5.41) is 8.85. The van der Waals surface area contributed by atoms with Crippen molar-refractivity contribution in [3.8, 4) is 0 Å². The molecule has 0 bridgehead atoms. The van der Waals surface area contributed by atoms with Crippen molar-refractivity contribution >= 4 is 5.97 Å². The van der Waals surface area contributed by atoms with E-state index in [0.717, 1.165) is 19.0 Å². The summed E-state index contributed by atoms with van der Waals surface area (Å²) in [6.07, 6.45) is 2.80. The average molecular weight is 254 g/mol. The molecule has 1 rings (SSSR count). The quantitative estimate of drug-likeness (QED) is 0.826. The van der Waals surface area contributed by atoms with E-state index >= 15 is 0 Å². The van der Waals surface area contributed by atoms with Crippen LogP contribution in [0.3, 0.4) is 0 Å². The predicted octanol–water partition coefficient (Wildman–Crippen LogP) is 1.23. The van der Waals surface area contributed by atoms with Gasteiger partial charge in [-0.3, -0.25) is 14.3 Å². The normalized spacial score (nSPS) is 12.7. The number of aromatic amines is 1. The van der Waals surface area contributed by atoms with Crippen molar-refractivity contribution < 1.29 is 9.90 Å². The first-order chi connectivity index (χ1) is 8.32. The van der Waals surface area contributed by atoms with Crippen molar-refractivity contribution in [1.29, 1.82) is 0 Å². The average Bonchev–Trinajstić information content (AvgIpc) is 2.25. The lowest BCUT2D eigenvalue weighted by Gasteiger charge is -2.16. The Morgan fingerprint density at radius 2 is 1.94 bits per heavy atom. The zero-order valence-corrected chi connectivity index (χ0v) is 10.8. The molecule has 0 aromatic carbocycles. The van der Waals surface area contributed by atoms with Gasteiger partial charge in [-0.05, 0) is 25.7 Å². The molecule has 0 aliphatic carbocycles. The van der Waals surface area contributed by atoms with Gasteiger partial charge in [0.1, 0.15) is 5.56 Å². The minimum atomic E-state index is -1.33. The Balaban J connectivity index is 3.09. The fourth-order valence-corrected chi connectivity index (χ4v) is 1.68. The molecule has 6 heteroatoms. The third-order valence-electron chi connectivity index (χ3n) is 2.83. The second-order valence-corrected chi connectivity index (χ2v) is 4.83. The summed E-state index contributed by atoms with van der Waals surface area (Å²) in [5.41, 5.74) is -1.84. The molecule has 0 saturated heterocycles. The number of carbonyl (C=O) groups is 1. The van der Waals surface area contributed by atoms with Gasteiger partial charge in [0, 0.05) is 12.2 Å². The predicted molar refractivity (Wildman–Crippen MR) is 67.1 cm³/mol. The van der Waals surface area contributed by atoms with Crippen molar-refractivity contribution in [1.82, 2.24) is 9.55 Å². The van der Waals surface area contributed by atoms with Crippen LogP contribution in [0, 0.1) is 5.92 Å². The van der Waals surface area contributed by atoms with E-state index < -0.39 is 22.8 Å². The highest BCUT2D eigenvalue weighted by Crippen LogP contribution is 2.14. The molecule has 6 nitrogen and oxygen atoms in total. The summed E-state index contributed by atoms with van der Waals surface area (Å²) in [6.45, 7) is 5.98. The van der Waals surface area contributed by atoms with Crippen molar-refractivity contribution in [3.63, 3.8) is 0 Å². The van der Waals surface area contributed by atoms with Crippen molar-refractivity contribution in [2.24, 2.45) is 5.92 Å². The number of aromatic nitrogens is 2. The van der Waals surface area contributed by atoms with Gasteiger partial charge < -0.3 is 5.11 Å². The Bertz CT molecular complexity index is 542. The first kappa shape index (κ1) is 14.2. The van der Waals surface area contributed by atoms with Gasteiger partial charge in [0.05, 0.1) is 0 Å². The third-order valence-corrected chi connectivity index (χ3v) is 2.83. The lowest BCUT2D eigenvalue weighted by molar-refractivity contribution is 0.0693. The number of aromatic carboxylic acids is 1.